The molecule has 0 aromatic carbocycles. The Kier molecular flexibility index (Phi) is 2.36. The average Bonchev–Trinajstić information content (AvgIpc) is 2.73. The standard InChI is InChI=1S/C12H16N4/c1-9-7-14-12-6-11(15-16(12)8-9)10-2-4-13-5-3-10/h6-8,10,13H,2-5H2,1H3. The maximum absolute atomic E-state index is 4.62. The molecule has 0 atom stereocenters. The number of rotatable bonds is 1. The zero-order chi connectivity index (χ0) is 11.0. The molecule has 84 valence electrons. The molecule has 0 bridgehead atoms. The van der Waals surface area contributed by atoms with Crippen molar-refractivity contribution in [1.29, 1.82) is 0 Å². The number of hydrogen-bond donors (Lipinski definition) is 1. The van der Waals surface area contributed by atoms with E-state index in [4.69, 9.17) is 0 Å². The molecular weight excluding hydrogens is 200 g/mol. The van der Waals surface area contributed by atoms with Crippen LogP contribution in [-0.2, 0) is 0 Å². The Morgan fingerprint density at radius 2 is 2.19 bits per heavy atom. The van der Waals surface area contributed by atoms with Crippen molar-refractivity contribution in [3.63, 3.8) is 0 Å². The van der Waals surface area contributed by atoms with E-state index in [9.17, 15) is 0 Å². The first kappa shape index (κ1) is 9.78. The van der Waals surface area contributed by atoms with Gasteiger partial charge in [0, 0.05) is 24.4 Å². The molecule has 1 aliphatic rings. The van der Waals surface area contributed by atoms with Crippen molar-refractivity contribution >= 4 is 5.65 Å². The molecule has 1 aliphatic heterocycles. The maximum Gasteiger partial charge on any atom is 0.155 e. The summed E-state index contributed by atoms with van der Waals surface area (Å²) in [6.07, 6.45) is 6.29. The minimum atomic E-state index is 0.600. The van der Waals surface area contributed by atoms with Crippen molar-refractivity contribution < 1.29 is 0 Å². The average molecular weight is 216 g/mol. The number of nitrogens with zero attached hydrogens (tertiary/aromatic N) is 3. The summed E-state index contributed by atoms with van der Waals surface area (Å²) < 4.78 is 1.90. The van der Waals surface area contributed by atoms with Crippen molar-refractivity contribution in [2.24, 2.45) is 0 Å². The fraction of sp³-hybridized carbons (Fsp3) is 0.500. The lowest BCUT2D eigenvalue weighted by atomic mass is 9.95. The van der Waals surface area contributed by atoms with Crippen molar-refractivity contribution in [1.82, 2.24) is 19.9 Å². The van der Waals surface area contributed by atoms with Gasteiger partial charge in [-0.25, -0.2) is 9.50 Å². The van der Waals surface area contributed by atoms with E-state index in [1.807, 2.05) is 23.8 Å². The van der Waals surface area contributed by atoms with Gasteiger partial charge in [-0.2, -0.15) is 5.10 Å². The van der Waals surface area contributed by atoms with Gasteiger partial charge in [0.05, 0.1) is 5.69 Å². The number of hydrogen-bond acceptors (Lipinski definition) is 3. The second-order valence-electron chi connectivity index (χ2n) is 4.53. The lowest BCUT2D eigenvalue weighted by Crippen LogP contribution is -2.26. The molecule has 0 unspecified atom stereocenters. The van der Waals surface area contributed by atoms with E-state index in [2.05, 4.69) is 21.5 Å². The lowest BCUT2D eigenvalue weighted by Gasteiger charge is -2.20. The maximum atomic E-state index is 4.62. The minimum absolute atomic E-state index is 0.600. The van der Waals surface area contributed by atoms with E-state index < -0.39 is 0 Å². The molecule has 16 heavy (non-hydrogen) atoms. The highest BCUT2D eigenvalue weighted by atomic mass is 15.2. The van der Waals surface area contributed by atoms with Gasteiger partial charge in [-0.05, 0) is 38.4 Å². The topological polar surface area (TPSA) is 42.2 Å². The number of fused-ring (bicyclic) bond motifs is 1. The monoisotopic (exact) mass is 216 g/mol. The zero-order valence-corrected chi connectivity index (χ0v) is 9.48. The summed E-state index contributed by atoms with van der Waals surface area (Å²) in [6.45, 7) is 4.24. The van der Waals surface area contributed by atoms with E-state index in [1.54, 1.807) is 0 Å². The van der Waals surface area contributed by atoms with Crippen LogP contribution in [0.25, 0.3) is 5.65 Å². The third-order valence-corrected chi connectivity index (χ3v) is 3.22. The number of aromatic nitrogens is 3. The predicted octanol–water partition coefficient (Wildman–Crippen LogP) is 1.50. The lowest BCUT2D eigenvalue weighted by molar-refractivity contribution is 0.452. The second kappa shape index (κ2) is 3.87. The van der Waals surface area contributed by atoms with Gasteiger partial charge in [0.2, 0.25) is 0 Å². The van der Waals surface area contributed by atoms with Crippen LogP contribution in [0, 0.1) is 6.92 Å². The normalized spacial score (nSPS) is 18.1. The Morgan fingerprint density at radius 1 is 1.38 bits per heavy atom. The molecule has 1 N–H and O–H groups in total. The largest absolute Gasteiger partial charge is 0.317 e. The van der Waals surface area contributed by atoms with E-state index >= 15 is 0 Å². The summed E-state index contributed by atoms with van der Waals surface area (Å²) in [7, 11) is 0. The smallest absolute Gasteiger partial charge is 0.155 e. The summed E-state index contributed by atoms with van der Waals surface area (Å²) in [5.74, 6) is 0.600. The van der Waals surface area contributed by atoms with Crippen LogP contribution in [0.4, 0.5) is 0 Å². The highest BCUT2D eigenvalue weighted by molar-refractivity contribution is 5.40. The first-order chi connectivity index (χ1) is 7.83. The molecule has 2 aromatic rings. The molecule has 4 heteroatoms. The summed E-state index contributed by atoms with van der Waals surface area (Å²) in [6, 6.07) is 2.12. The molecule has 0 saturated carbocycles. The fourth-order valence-corrected chi connectivity index (χ4v) is 2.31. The van der Waals surface area contributed by atoms with E-state index in [0.29, 0.717) is 5.92 Å². The Hall–Kier alpha value is -1.42. The van der Waals surface area contributed by atoms with Crippen molar-refractivity contribution in [3.8, 4) is 0 Å². The van der Waals surface area contributed by atoms with Crippen molar-refractivity contribution in [2.75, 3.05) is 13.1 Å². The van der Waals surface area contributed by atoms with Crippen LogP contribution in [0.5, 0.6) is 0 Å². The second-order valence-corrected chi connectivity index (χ2v) is 4.53. The van der Waals surface area contributed by atoms with Gasteiger partial charge < -0.3 is 5.32 Å². The van der Waals surface area contributed by atoms with Crippen LogP contribution in [0.2, 0.25) is 0 Å². The zero-order valence-electron chi connectivity index (χ0n) is 9.48. The highest BCUT2D eigenvalue weighted by Crippen LogP contribution is 2.24. The van der Waals surface area contributed by atoms with Gasteiger partial charge in [-0.15, -0.1) is 0 Å². The van der Waals surface area contributed by atoms with Crippen LogP contribution in [0.1, 0.15) is 30.0 Å². The molecule has 3 heterocycles. The summed E-state index contributed by atoms with van der Waals surface area (Å²) in [4.78, 5) is 4.38. The third kappa shape index (κ3) is 1.69. The molecule has 0 radical (unpaired) electrons. The van der Waals surface area contributed by atoms with E-state index in [1.165, 1.54) is 18.5 Å². The molecular formula is C12H16N4. The van der Waals surface area contributed by atoms with Crippen LogP contribution in [0.15, 0.2) is 18.5 Å². The van der Waals surface area contributed by atoms with Crippen LogP contribution < -0.4 is 5.32 Å². The van der Waals surface area contributed by atoms with Gasteiger partial charge >= 0.3 is 0 Å². The molecule has 2 aromatic heterocycles. The first-order valence-electron chi connectivity index (χ1n) is 5.85. The quantitative estimate of drug-likeness (QED) is 0.785. The molecule has 4 nitrogen and oxygen atoms in total. The van der Waals surface area contributed by atoms with Gasteiger partial charge in [0.1, 0.15) is 0 Å². The van der Waals surface area contributed by atoms with Gasteiger partial charge in [0.25, 0.3) is 0 Å². The van der Waals surface area contributed by atoms with Crippen molar-refractivity contribution in [2.45, 2.75) is 25.7 Å². The predicted molar refractivity (Wildman–Crippen MR) is 62.6 cm³/mol. The molecule has 0 spiro atoms. The Morgan fingerprint density at radius 3 is 3.00 bits per heavy atom. The number of aryl methyl sites for hydroxylation is 1. The third-order valence-electron chi connectivity index (χ3n) is 3.22. The number of nitrogens with one attached hydrogen (secondary N) is 1. The molecule has 1 fully saturated rings. The van der Waals surface area contributed by atoms with Gasteiger partial charge in [-0.1, -0.05) is 0 Å². The first-order valence-corrected chi connectivity index (χ1v) is 5.85. The van der Waals surface area contributed by atoms with Crippen molar-refractivity contribution in [3.05, 3.63) is 29.7 Å². The van der Waals surface area contributed by atoms with Crippen LogP contribution in [-0.4, -0.2) is 27.7 Å². The van der Waals surface area contributed by atoms with E-state index in [0.717, 1.165) is 24.3 Å². The van der Waals surface area contributed by atoms with E-state index in [-0.39, 0.29) is 0 Å². The Labute approximate surface area is 94.7 Å². The number of piperidine rings is 1. The Balaban J connectivity index is 1.97. The SMILES string of the molecule is Cc1cnc2cc(C3CCNCC3)nn2c1. The van der Waals surface area contributed by atoms with Crippen LogP contribution in [0.3, 0.4) is 0 Å². The summed E-state index contributed by atoms with van der Waals surface area (Å²) >= 11 is 0. The van der Waals surface area contributed by atoms with Gasteiger partial charge in [0.15, 0.2) is 5.65 Å². The molecule has 1 saturated heterocycles. The molecule has 0 aliphatic carbocycles. The Bertz CT molecular complexity index is 497. The fourth-order valence-electron chi connectivity index (χ4n) is 2.31. The van der Waals surface area contributed by atoms with Crippen LogP contribution >= 0.6 is 0 Å². The van der Waals surface area contributed by atoms with Gasteiger partial charge in [-0.3, -0.25) is 0 Å². The minimum Gasteiger partial charge on any atom is -0.317 e. The summed E-state index contributed by atoms with van der Waals surface area (Å²) in [5, 5.41) is 8.00. The summed E-state index contributed by atoms with van der Waals surface area (Å²) in [5.41, 5.74) is 3.30. The molecule has 0 amide bonds. The molecule has 3 rings (SSSR count). The highest BCUT2D eigenvalue weighted by Gasteiger charge is 2.18.